The lowest BCUT2D eigenvalue weighted by Gasteiger charge is -2.45. The summed E-state index contributed by atoms with van der Waals surface area (Å²) in [5.41, 5.74) is -0.499. The monoisotopic (exact) mass is 784 g/mol. The second-order valence-corrected chi connectivity index (χ2v) is 19.6. The van der Waals surface area contributed by atoms with E-state index in [0.29, 0.717) is 11.1 Å². The molecule has 1 fully saturated rings. The molecular formula is C35H37IN2O7SSi. The highest BCUT2D eigenvalue weighted by Gasteiger charge is 2.64. The summed E-state index contributed by atoms with van der Waals surface area (Å²) in [5, 5.41) is 0.876. The number of halogens is 1. The number of alkyl halides is 1. The fourth-order valence-electron chi connectivity index (χ4n) is 6.15. The first-order valence-corrected chi connectivity index (χ1v) is 19.1. The number of esters is 2. The number of thioether (sulfide) groups is 1. The molecule has 1 aliphatic heterocycles. The summed E-state index contributed by atoms with van der Waals surface area (Å²) >= 11 is 3.27. The van der Waals surface area contributed by atoms with E-state index in [-0.39, 0.29) is 6.61 Å². The molecule has 4 aromatic rings. The number of aryl methyl sites for hydroxylation is 1. The highest BCUT2D eigenvalue weighted by atomic mass is 127. The van der Waals surface area contributed by atoms with Gasteiger partial charge in [-0.1, -0.05) is 122 Å². The minimum Gasteiger partial charge on any atom is -0.468 e. The molecule has 1 N–H and O–H groups in total. The van der Waals surface area contributed by atoms with Crippen LogP contribution >= 0.6 is 34.4 Å². The lowest BCUT2D eigenvalue weighted by atomic mass is 9.99. The maximum Gasteiger partial charge on any atom is 0.338 e. The summed E-state index contributed by atoms with van der Waals surface area (Å²) in [7, 11) is -1.90. The molecule has 0 bridgehead atoms. The van der Waals surface area contributed by atoms with Crippen LogP contribution in [0.15, 0.2) is 107 Å². The van der Waals surface area contributed by atoms with Gasteiger partial charge in [-0.2, -0.15) is 0 Å². The van der Waals surface area contributed by atoms with Gasteiger partial charge in [0.1, 0.15) is 11.5 Å². The number of H-pyrrole nitrogens is 1. The van der Waals surface area contributed by atoms with Crippen molar-refractivity contribution >= 4 is 65.0 Å². The van der Waals surface area contributed by atoms with E-state index < -0.39 is 56.7 Å². The average molecular weight is 785 g/mol. The standard InChI is InChI=1S/C35H37IN2O7SSi/c1-23-21-38(33(42)37-29(23)39)30-27(36)28(45-31(40)24-15-9-6-10-16-24)35(46-30,32(41)43-5)22-44-47(34(2,3)4,25-17-11-7-12-18-25)26-19-13-8-14-20-26/h6-21,27-28,30H,22H2,1-5H3,(H,37,39,42)/t27-,28-,30-,35-/m1/s1. The third-order valence-corrected chi connectivity index (χ3v) is 17.0. The Kier molecular flexibility index (Phi) is 10.3. The van der Waals surface area contributed by atoms with Gasteiger partial charge in [-0.05, 0) is 34.5 Å². The van der Waals surface area contributed by atoms with Gasteiger partial charge < -0.3 is 13.9 Å². The second kappa shape index (κ2) is 13.9. The minimum absolute atomic E-state index is 0.183. The van der Waals surface area contributed by atoms with Crippen LogP contribution in [0.25, 0.3) is 0 Å². The fraction of sp³-hybridized carbons (Fsp3) is 0.314. The lowest BCUT2D eigenvalue weighted by Crippen LogP contribution is -2.68. The summed E-state index contributed by atoms with van der Waals surface area (Å²) in [6, 6.07) is 28.5. The third kappa shape index (κ3) is 6.52. The molecule has 0 amide bonds. The molecule has 1 aromatic heterocycles. The van der Waals surface area contributed by atoms with Crippen LogP contribution in [0, 0.1) is 6.92 Å². The number of aromatic nitrogens is 2. The van der Waals surface area contributed by atoms with Crippen LogP contribution in [0.2, 0.25) is 5.04 Å². The van der Waals surface area contributed by atoms with Gasteiger partial charge in [0, 0.05) is 11.8 Å². The zero-order valence-corrected chi connectivity index (χ0v) is 30.7. The largest absolute Gasteiger partial charge is 0.468 e. The summed E-state index contributed by atoms with van der Waals surface area (Å²) in [5.74, 6) is -1.27. The van der Waals surface area contributed by atoms with E-state index in [4.69, 9.17) is 13.9 Å². The Balaban J connectivity index is 1.69. The van der Waals surface area contributed by atoms with Crippen molar-refractivity contribution in [2.24, 2.45) is 0 Å². The number of methoxy groups -OCH3 is 1. The van der Waals surface area contributed by atoms with Gasteiger partial charge in [-0.25, -0.2) is 9.59 Å². The van der Waals surface area contributed by atoms with Gasteiger partial charge in [0.15, 0.2) is 4.75 Å². The first kappa shape index (κ1) is 34.9. The quantitative estimate of drug-likeness (QED) is 0.113. The molecule has 0 spiro atoms. The predicted molar refractivity (Wildman–Crippen MR) is 194 cm³/mol. The molecule has 0 unspecified atom stereocenters. The van der Waals surface area contributed by atoms with Crippen LogP contribution < -0.4 is 21.6 Å². The SMILES string of the molecule is COC(=O)[C@]1(CO[Si](c2ccccc2)(c2ccccc2)C(C)(C)C)S[C@@H](n2cc(C)c(=O)[nH]c2=O)[C@H](I)[C@H]1OC(=O)c1ccccc1. The zero-order valence-electron chi connectivity index (χ0n) is 26.8. The number of nitrogens with one attached hydrogen (secondary N) is 1. The maximum atomic E-state index is 14.2. The van der Waals surface area contributed by atoms with E-state index in [1.165, 1.54) is 17.9 Å². The van der Waals surface area contributed by atoms with E-state index in [0.717, 1.165) is 22.1 Å². The van der Waals surface area contributed by atoms with Crippen molar-refractivity contribution in [2.45, 2.75) is 52.9 Å². The molecule has 1 aliphatic rings. The fourth-order valence-corrected chi connectivity index (χ4v) is 14.3. The van der Waals surface area contributed by atoms with Gasteiger partial charge in [-0.3, -0.25) is 19.1 Å². The number of nitrogens with zero attached hydrogens (tertiary/aromatic N) is 1. The first-order chi connectivity index (χ1) is 22.4. The molecule has 0 radical (unpaired) electrons. The van der Waals surface area contributed by atoms with Gasteiger partial charge in [0.25, 0.3) is 13.9 Å². The Labute approximate surface area is 292 Å². The molecular weight excluding hydrogens is 747 g/mol. The smallest absolute Gasteiger partial charge is 0.338 e. The number of ether oxygens (including phenoxy) is 2. The highest BCUT2D eigenvalue weighted by Crippen LogP contribution is 2.55. The Hall–Kier alpha value is -3.46. The molecule has 3 aromatic carbocycles. The Bertz CT molecular complexity index is 1810. The number of hydrogen-bond donors (Lipinski definition) is 1. The van der Waals surface area contributed by atoms with Crippen molar-refractivity contribution in [3.8, 4) is 0 Å². The van der Waals surface area contributed by atoms with E-state index in [1.807, 2.05) is 36.4 Å². The second-order valence-electron chi connectivity index (χ2n) is 12.5. The summed E-state index contributed by atoms with van der Waals surface area (Å²) < 4.78 is 18.2. The molecule has 4 atom stereocenters. The first-order valence-electron chi connectivity index (χ1n) is 15.1. The predicted octanol–water partition coefficient (Wildman–Crippen LogP) is 4.61. The number of aromatic amines is 1. The third-order valence-electron chi connectivity index (χ3n) is 8.47. The zero-order chi connectivity index (χ0) is 34.0. The van der Waals surface area contributed by atoms with E-state index in [9.17, 15) is 19.2 Å². The van der Waals surface area contributed by atoms with E-state index in [1.54, 1.807) is 37.3 Å². The molecule has 246 valence electrons. The van der Waals surface area contributed by atoms with E-state index in [2.05, 4.69) is 72.6 Å². The molecule has 5 rings (SSSR count). The number of carbonyl (C=O) groups excluding carboxylic acids is 2. The van der Waals surface area contributed by atoms with Crippen molar-refractivity contribution in [3.63, 3.8) is 0 Å². The molecule has 2 heterocycles. The lowest BCUT2D eigenvalue weighted by molar-refractivity contribution is -0.147. The van der Waals surface area contributed by atoms with Gasteiger partial charge >= 0.3 is 17.6 Å². The molecule has 1 saturated heterocycles. The van der Waals surface area contributed by atoms with Gasteiger partial charge in [0.05, 0.1) is 23.2 Å². The van der Waals surface area contributed by atoms with Gasteiger partial charge in [-0.15, -0.1) is 11.8 Å². The van der Waals surface area contributed by atoms with Gasteiger partial charge in [0.2, 0.25) is 0 Å². The van der Waals surface area contributed by atoms with Crippen molar-refractivity contribution in [3.05, 3.63) is 129 Å². The maximum absolute atomic E-state index is 14.2. The number of carbonyl (C=O) groups is 2. The van der Waals surface area contributed by atoms with Crippen LogP contribution in [-0.4, -0.2) is 58.3 Å². The topological polar surface area (TPSA) is 117 Å². The van der Waals surface area contributed by atoms with Crippen molar-refractivity contribution in [1.82, 2.24) is 9.55 Å². The highest BCUT2D eigenvalue weighted by molar-refractivity contribution is 14.1. The minimum atomic E-state index is -3.19. The van der Waals surface area contributed by atoms with Crippen LogP contribution in [-0.2, 0) is 18.7 Å². The normalized spacial score (nSPS) is 21.3. The summed E-state index contributed by atoms with van der Waals surface area (Å²) in [4.78, 5) is 55.6. The summed E-state index contributed by atoms with van der Waals surface area (Å²) in [6.07, 6.45) is 0.382. The Morgan fingerprint density at radius 3 is 1.98 bits per heavy atom. The van der Waals surface area contributed by atoms with Crippen LogP contribution in [0.3, 0.4) is 0 Å². The molecule has 12 heteroatoms. The van der Waals surface area contributed by atoms with Crippen molar-refractivity contribution in [1.29, 1.82) is 0 Å². The average Bonchev–Trinajstić information content (AvgIpc) is 3.34. The molecule has 0 aliphatic carbocycles. The van der Waals surface area contributed by atoms with Crippen molar-refractivity contribution < 1.29 is 23.5 Å². The molecule has 47 heavy (non-hydrogen) atoms. The number of rotatable bonds is 9. The van der Waals surface area contributed by atoms with Crippen molar-refractivity contribution in [2.75, 3.05) is 13.7 Å². The summed E-state index contributed by atoms with van der Waals surface area (Å²) in [6.45, 7) is 7.81. The van der Waals surface area contributed by atoms with Crippen LogP contribution in [0.5, 0.6) is 0 Å². The Morgan fingerprint density at radius 2 is 1.47 bits per heavy atom. The molecule has 9 nitrogen and oxygen atoms in total. The number of benzene rings is 3. The van der Waals surface area contributed by atoms with E-state index >= 15 is 0 Å². The number of hydrogen-bond acceptors (Lipinski definition) is 8. The van der Waals surface area contributed by atoms with Crippen LogP contribution in [0.1, 0.15) is 42.1 Å². The molecule has 0 saturated carbocycles. The van der Waals surface area contributed by atoms with Crippen LogP contribution in [0.4, 0.5) is 0 Å². The Morgan fingerprint density at radius 1 is 0.936 bits per heavy atom.